The second-order valence-electron chi connectivity index (χ2n) is 5.29. The third-order valence-corrected chi connectivity index (χ3v) is 4.00. The number of hydrogen-bond donors (Lipinski definition) is 3. The summed E-state index contributed by atoms with van der Waals surface area (Å²) in [7, 11) is 0. The average molecular weight is 299 g/mol. The summed E-state index contributed by atoms with van der Waals surface area (Å²) in [5.41, 5.74) is 3.96. The zero-order chi connectivity index (χ0) is 14.2. The molecule has 1 fully saturated rings. The molecule has 4 rings (SSSR count). The van der Waals surface area contributed by atoms with E-state index < -0.39 is 0 Å². The van der Waals surface area contributed by atoms with Crippen molar-refractivity contribution < 1.29 is 0 Å². The van der Waals surface area contributed by atoms with Gasteiger partial charge in [0, 0.05) is 29.4 Å². The van der Waals surface area contributed by atoms with E-state index in [0.29, 0.717) is 11.1 Å². The fourth-order valence-corrected chi connectivity index (χ4v) is 2.69. The van der Waals surface area contributed by atoms with E-state index in [-0.39, 0.29) is 0 Å². The monoisotopic (exact) mass is 298 g/mol. The molecule has 21 heavy (non-hydrogen) atoms. The number of halogens is 1. The first-order valence-electron chi connectivity index (χ1n) is 7.01. The second-order valence-corrected chi connectivity index (χ2v) is 5.73. The molecule has 0 radical (unpaired) electrons. The van der Waals surface area contributed by atoms with Gasteiger partial charge < -0.3 is 16.0 Å². The van der Waals surface area contributed by atoms with E-state index in [1.165, 1.54) is 0 Å². The summed E-state index contributed by atoms with van der Waals surface area (Å²) in [4.78, 5) is 4.79. The van der Waals surface area contributed by atoms with E-state index in [2.05, 4.69) is 28.1 Å². The van der Waals surface area contributed by atoms with Gasteiger partial charge in [0.05, 0.1) is 17.4 Å². The van der Waals surface area contributed by atoms with Crippen molar-refractivity contribution in [3.63, 3.8) is 0 Å². The summed E-state index contributed by atoms with van der Waals surface area (Å²) < 4.78 is 0. The molecule has 0 atom stereocenters. The molecule has 2 aromatic carbocycles. The first-order chi connectivity index (χ1) is 10.3. The van der Waals surface area contributed by atoms with E-state index in [1.54, 1.807) is 0 Å². The molecule has 5 heteroatoms. The molecule has 4 nitrogen and oxygen atoms in total. The highest BCUT2D eigenvalue weighted by atomic mass is 35.5. The maximum absolute atomic E-state index is 6.11. The molecular formula is C16H15ClN4. The van der Waals surface area contributed by atoms with Gasteiger partial charge in [-0.25, -0.2) is 4.99 Å². The first-order valence-corrected chi connectivity index (χ1v) is 7.39. The van der Waals surface area contributed by atoms with Gasteiger partial charge in [-0.2, -0.15) is 0 Å². The second kappa shape index (κ2) is 5.06. The molecule has 0 spiro atoms. The number of fused-ring (bicyclic) bond motifs is 2. The number of amidine groups is 1. The van der Waals surface area contributed by atoms with Crippen molar-refractivity contribution in [2.24, 2.45) is 4.99 Å². The summed E-state index contributed by atoms with van der Waals surface area (Å²) in [6.45, 7) is 1.94. The summed E-state index contributed by atoms with van der Waals surface area (Å²) in [6.07, 6.45) is 0. The SMILES string of the molecule is Clc1ccc2c(c1)N=C(NC1CNC1)c1ccccc1N2. The number of para-hydroxylation sites is 1. The molecule has 1 saturated heterocycles. The molecule has 2 heterocycles. The van der Waals surface area contributed by atoms with Gasteiger partial charge in [0.2, 0.25) is 0 Å². The van der Waals surface area contributed by atoms with Crippen LogP contribution in [0.25, 0.3) is 0 Å². The van der Waals surface area contributed by atoms with Crippen molar-refractivity contribution in [1.82, 2.24) is 10.6 Å². The third-order valence-electron chi connectivity index (χ3n) is 3.77. The minimum atomic E-state index is 0.428. The number of aliphatic imine (C=N–C) groups is 1. The highest BCUT2D eigenvalue weighted by Gasteiger charge is 2.22. The Morgan fingerprint density at radius 2 is 1.95 bits per heavy atom. The molecule has 0 aliphatic carbocycles. The number of anilines is 2. The van der Waals surface area contributed by atoms with E-state index in [4.69, 9.17) is 16.6 Å². The molecular weight excluding hydrogens is 284 g/mol. The van der Waals surface area contributed by atoms with Crippen LogP contribution in [0.5, 0.6) is 0 Å². The van der Waals surface area contributed by atoms with Crippen molar-refractivity contribution in [3.8, 4) is 0 Å². The maximum Gasteiger partial charge on any atom is 0.136 e. The normalized spacial score (nSPS) is 16.7. The van der Waals surface area contributed by atoms with Gasteiger partial charge in [0.1, 0.15) is 5.84 Å². The number of nitrogens with one attached hydrogen (secondary N) is 3. The van der Waals surface area contributed by atoms with Crippen molar-refractivity contribution >= 4 is 34.5 Å². The molecule has 0 unspecified atom stereocenters. The quantitative estimate of drug-likeness (QED) is 0.758. The lowest BCUT2D eigenvalue weighted by atomic mass is 10.1. The number of nitrogens with zero attached hydrogens (tertiary/aromatic N) is 1. The van der Waals surface area contributed by atoms with Gasteiger partial charge in [0.25, 0.3) is 0 Å². The minimum absolute atomic E-state index is 0.428. The Morgan fingerprint density at radius 3 is 2.76 bits per heavy atom. The third kappa shape index (κ3) is 2.37. The smallest absolute Gasteiger partial charge is 0.136 e. The maximum atomic E-state index is 6.11. The van der Waals surface area contributed by atoms with Crippen molar-refractivity contribution in [2.45, 2.75) is 6.04 Å². The van der Waals surface area contributed by atoms with Crippen LogP contribution in [0.2, 0.25) is 5.02 Å². The van der Waals surface area contributed by atoms with Crippen LogP contribution in [-0.4, -0.2) is 25.0 Å². The zero-order valence-electron chi connectivity index (χ0n) is 11.4. The van der Waals surface area contributed by atoms with E-state index >= 15 is 0 Å². The highest BCUT2D eigenvalue weighted by molar-refractivity contribution is 6.31. The molecule has 0 saturated carbocycles. The Balaban J connectivity index is 1.83. The summed E-state index contributed by atoms with van der Waals surface area (Å²) in [5, 5.41) is 10.9. The van der Waals surface area contributed by atoms with Crippen molar-refractivity contribution in [3.05, 3.63) is 53.1 Å². The van der Waals surface area contributed by atoms with Crippen LogP contribution in [-0.2, 0) is 0 Å². The highest BCUT2D eigenvalue weighted by Crippen LogP contribution is 2.35. The number of benzene rings is 2. The summed E-state index contributed by atoms with van der Waals surface area (Å²) >= 11 is 6.11. The van der Waals surface area contributed by atoms with Crippen LogP contribution in [0.1, 0.15) is 5.56 Å². The van der Waals surface area contributed by atoms with Crippen LogP contribution in [0.3, 0.4) is 0 Å². The standard InChI is InChI=1S/C16H15ClN4/c17-10-5-6-14-15(7-10)21-16(19-11-8-18-9-11)12-3-1-2-4-13(12)20-14/h1-7,11,18,20H,8-9H2,(H,19,21). The van der Waals surface area contributed by atoms with Gasteiger partial charge in [-0.1, -0.05) is 23.7 Å². The summed E-state index contributed by atoms with van der Waals surface area (Å²) in [5.74, 6) is 0.894. The Morgan fingerprint density at radius 1 is 1.10 bits per heavy atom. The van der Waals surface area contributed by atoms with E-state index in [0.717, 1.165) is 41.6 Å². The fraction of sp³-hybridized carbons (Fsp3) is 0.188. The Kier molecular flexibility index (Phi) is 3.05. The predicted molar refractivity (Wildman–Crippen MR) is 87.2 cm³/mol. The first kappa shape index (κ1) is 12.7. The molecule has 2 aliphatic rings. The van der Waals surface area contributed by atoms with Crippen LogP contribution >= 0.6 is 11.6 Å². The number of hydrogen-bond acceptors (Lipinski definition) is 4. The lowest BCUT2D eigenvalue weighted by molar-refractivity contribution is 0.412. The van der Waals surface area contributed by atoms with Crippen LogP contribution in [0, 0.1) is 0 Å². The molecule has 0 amide bonds. The lowest BCUT2D eigenvalue weighted by Crippen LogP contribution is -2.57. The molecule has 106 valence electrons. The molecule has 2 aromatic rings. The van der Waals surface area contributed by atoms with Gasteiger partial charge in [-0.3, -0.25) is 0 Å². The molecule has 3 N–H and O–H groups in total. The lowest BCUT2D eigenvalue weighted by Gasteiger charge is -2.29. The van der Waals surface area contributed by atoms with Crippen LogP contribution in [0.4, 0.5) is 17.1 Å². The van der Waals surface area contributed by atoms with Gasteiger partial charge >= 0.3 is 0 Å². The zero-order valence-corrected chi connectivity index (χ0v) is 12.1. The largest absolute Gasteiger partial charge is 0.364 e. The average Bonchev–Trinajstić information content (AvgIpc) is 2.59. The van der Waals surface area contributed by atoms with Crippen molar-refractivity contribution in [1.29, 1.82) is 0 Å². The van der Waals surface area contributed by atoms with Crippen molar-refractivity contribution in [2.75, 3.05) is 18.4 Å². The van der Waals surface area contributed by atoms with Crippen LogP contribution < -0.4 is 16.0 Å². The van der Waals surface area contributed by atoms with Gasteiger partial charge in [-0.05, 0) is 30.3 Å². The number of rotatable bonds is 1. The topological polar surface area (TPSA) is 48.5 Å². The fourth-order valence-electron chi connectivity index (χ4n) is 2.52. The molecule has 2 aliphatic heterocycles. The Bertz CT molecular complexity index is 722. The van der Waals surface area contributed by atoms with E-state index in [1.807, 2.05) is 30.3 Å². The van der Waals surface area contributed by atoms with E-state index in [9.17, 15) is 0 Å². The summed E-state index contributed by atoms with van der Waals surface area (Å²) in [6, 6.07) is 14.3. The molecule has 0 aromatic heterocycles. The van der Waals surface area contributed by atoms with Gasteiger partial charge in [-0.15, -0.1) is 0 Å². The molecule has 0 bridgehead atoms. The Labute approximate surface area is 128 Å². The van der Waals surface area contributed by atoms with Gasteiger partial charge in [0.15, 0.2) is 0 Å². The van der Waals surface area contributed by atoms with Crippen LogP contribution in [0.15, 0.2) is 47.5 Å². The Hall–Kier alpha value is -2.04. The minimum Gasteiger partial charge on any atom is -0.364 e. The predicted octanol–water partition coefficient (Wildman–Crippen LogP) is 3.04.